The standard InChI is InChI=1S/C20H31N7.HI/c1-21-20(22-15-19(24(2)3)17-14-23-25(4)16-17)27-12-10-26(11-13-27)18-8-6-5-7-9-18;/h5-9,14,16,19H,10-13,15H2,1-4H3,(H,21,22);1H. The fourth-order valence-electron chi connectivity index (χ4n) is 3.55. The Kier molecular flexibility index (Phi) is 8.56. The van der Waals surface area contributed by atoms with Crippen molar-refractivity contribution in [3.63, 3.8) is 0 Å². The van der Waals surface area contributed by atoms with Crippen molar-refractivity contribution in [2.45, 2.75) is 6.04 Å². The Labute approximate surface area is 185 Å². The topological polar surface area (TPSA) is 51.9 Å². The molecule has 0 bridgehead atoms. The molecule has 3 rings (SSSR count). The van der Waals surface area contributed by atoms with E-state index in [-0.39, 0.29) is 30.0 Å². The van der Waals surface area contributed by atoms with Gasteiger partial charge in [-0.05, 0) is 26.2 Å². The van der Waals surface area contributed by atoms with Crippen LogP contribution in [0.3, 0.4) is 0 Å². The van der Waals surface area contributed by atoms with Crippen LogP contribution in [0, 0.1) is 0 Å². The van der Waals surface area contributed by atoms with Crippen LogP contribution in [0.1, 0.15) is 11.6 Å². The quantitative estimate of drug-likeness (QED) is 0.390. The smallest absolute Gasteiger partial charge is 0.193 e. The van der Waals surface area contributed by atoms with Crippen LogP contribution in [0.2, 0.25) is 0 Å². The van der Waals surface area contributed by atoms with Crippen LogP contribution < -0.4 is 10.2 Å². The highest BCUT2D eigenvalue weighted by Crippen LogP contribution is 2.17. The lowest BCUT2D eigenvalue weighted by molar-refractivity contribution is 0.292. The van der Waals surface area contributed by atoms with Gasteiger partial charge < -0.3 is 20.0 Å². The maximum atomic E-state index is 4.51. The number of nitrogens with one attached hydrogen (secondary N) is 1. The molecule has 1 aliphatic rings. The summed E-state index contributed by atoms with van der Waals surface area (Å²) in [6.07, 6.45) is 4.02. The van der Waals surface area contributed by atoms with E-state index in [9.17, 15) is 0 Å². The largest absolute Gasteiger partial charge is 0.368 e. The number of likely N-dealkylation sites (N-methyl/N-ethyl adjacent to an activating group) is 1. The number of nitrogens with zero attached hydrogens (tertiary/aromatic N) is 6. The average Bonchev–Trinajstić information content (AvgIpc) is 3.12. The van der Waals surface area contributed by atoms with Gasteiger partial charge in [-0.3, -0.25) is 9.67 Å². The zero-order valence-corrected chi connectivity index (χ0v) is 19.6. The molecule has 1 saturated heterocycles. The second kappa shape index (κ2) is 10.7. The third-order valence-corrected chi connectivity index (χ3v) is 5.10. The molecule has 2 aromatic rings. The van der Waals surface area contributed by atoms with Crippen LogP contribution >= 0.6 is 24.0 Å². The number of halogens is 1. The van der Waals surface area contributed by atoms with Gasteiger partial charge in [-0.25, -0.2) is 0 Å². The van der Waals surface area contributed by atoms with Gasteiger partial charge >= 0.3 is 0 Å². The first-order valence-electron chi connectivity index (χ1n) is 9.49. The van der Waals surface area contributed by atoms with Gasteiger partial charge in [0.15, 0.2) is 5.96 Å². The first-order valence-corrected chi connectivity index (χ1v) is 9.49. The summed E-state index contributed by atoms with van der Waals surface area (Å²) in [5, 5.41) is 7.87. The number of aliphatic imine (C=N–C) groups is 1. The van der Waals surface area contributed by atoms with Crippen LogP contribution in [0.4, 0.5) is 5.69 Å². The van der Waals surface area contributed by atoms with Gasteiger partial charge in [-0.15, -0.1) is 24.0 Å². The van der Waals surface area contributed by atoms with Crippen LogP contribution in [-0.2, 0) is 7.05 Å². The van der Waals surface area contributed by atoms with Gasteiger partial charge in [0.2, 0.25) is 0 Å². The summed E-state index contributed by atoms with van der Waals surface area (Å²) in [4.78, 5) is 11.5. The molecule has 1 N–H and O–H groups in total. The Bertz CT molecular complexity index is 736. The molecule has 1 atom stereocenters. The lowest BCUT2D eigenvalue weighted by atomic mass is 10.1. The Morgan fingerprint density at radius 2 is 1.86 bits per heavy atom. The summed E-state index contributed by atoms with van der Waals surface area (Å²) < 4.78 is 1.85. The van der Waals surface area contributed by atoms with E-state index in [0.29, 0.717) is 0 Å². The molecule has 0 spiro atoms. The lowest BCUT2D eigenvalue weighted by Crippen LogP contribution is -2.53. The Morgan fingerprint density at radius 1 is 1.18 bits per heavy atom. The minimum absolute atomic E-state index is 0. The monoisotopic (exact) mass is 497 g/mol. The molecule has 7 nitrogen and oxygen atoms in total. The second-order valence-corrected chi connectivity index (χ2v) is 7.16. The minimum atomic E-state index is 0. The van der Waals surface area contributed by atoms with Crippen LogP contribution in [-0.4, -0.2) is 79.4 Å². The normalized spacial score (nSPS) is 16.1. The molecule has 154 valence electrons. The minimum Gasteiger partial charge on any atom is -0.368 e. The van der Waals surface area contributed by atoms with Gasteiger partial charge in [0.05, 0.1) is 12.2 Å². The molecule has 0 amide bonds. The number of guanidine groups is 1. The molecule has 0 saturated carbocycles. The van der Waals surface area contributed by atoms with E-state index in [0.717, 1.165) is 38.7 Å². The second-order valence-electron chi connectivity index (χ2n) is 7.16. The number of piperazine rings is 1. The van der Waals surface area contributed by atoms with Crippen molar-refractivity contribution in [3.8, 4) is 0 Å². The van der Waals surface area contributed by atoms with E-state index in [4.69, 9.17) is 0 Å². The van der Waals surface area contributed by atoms with Crippen molar-refractivity contribution < 1.29 is 0 Å². The van der Waals surface area contributed by atoms with E-state index in [1.807, 2.05) is 25.0 Å². The number of hydrogen-bond acceptors (Lipinski definition) is 4. The van der Waals surface area contributed by atoms with Gasteiger partial charge in [0, 0.05) is 64.3 Å². The molecule has 1 aromatic heterocycles. The molecule has 8 heteroatoms. The predicted octanol–water partition coefficient (Wildman–Crippen LogP) is 2.04. The number of hydrogen-bond donors (Lipinski definition) is 1. The fraction of sp³-hybridized carbons (Fsp3) is 0.500. The molecule has 1 fully saturated rings. The van der Waals surface area contributed by atoms with E-state index in [1.54, 1.807) is 0 Å². The maximum absolute atomic E-state index is 4.51. The van der Waals surface area contributed by atoms with Crippen molar-refractivity contribution in [2.75, 3.05) is 58.8 Å². The molecular formula is C20H32IN7. The summed E-state index contributed by atoms with van der Waals surface area (Å²) in [6.45, 7) is 4.74. The molecular weight excluding hydrogens is 465 g/mol. The summed E-state index contributed by atoms with van der Waals surface area (Å²) in [6, 6.07) is 10.9. The maximum Gasteiger partial charge on any atom is 0.193 e. The Hall–Kier alpha value is -1.81. The summed E-state index contributed by atoms with van der Waals surface area (Å²) >= 11 is 0. The lowest BCUT2D eigenvalue weighted by Gasteiger charge is -2.38. The fourth-order valence-corrected chi connectivity index (χ4v) is 3.55. The number of benzene rings is 1. The predicted molar refractivity (Wildman–Crippen MR) is 127 cm³/mol. The van der Waals surface area contributed by atoms with Gasteiger partial charge in [0.1, 0.15) is 0 Å². The zero-order valence-electron chi connectivity index (χ0n) is 17.2. The Morgan fingerprint density at radius 3 is 2.39 bits per heavy atom. The molecule has 1 aromatic carbocycles. The summed E-state index contributed by atoms with van der Waals surface area (Å²) in [5.74, 6) is 0.971. The number of para-hydroxylation sites is 1. The molecule has 1 unspecified atom stereocenters. The number of aryl methyl sites for hydroxylation is 1. The van der Waals surface area contributed by atoms with Crippen molar-refractivity contribution in [2.24, 2.45) is 12.0 Å². The highest BCUT2D eigenvalue weighted by molar-refractivity contribution is 14.0. The Balaban J connectivity index is 0.00000280. The zero-order chi connectivity index (χ0) is 19.2. The first kappa shape index (κ1) is 22.5. The number of aromatic nitrogens is 2. The van der Waals surface area contributed by atoms with E-state index < -0.39 is 0 Å². The van der Waals surface area contributed by atoms with Gasteiger partial charge in [0.25, 0.3) is 0 Å². The van der Waals surface area contributed by atoms with Crippen LogP contribution in [0.15, 0.2) is 47.7 Å². The molecule has 0 radical (unpaired) electrons. The van der Waals surface area contributed by atoms with Gasteiger partial charge in [-0.2, -0.15) is 5.10 Å². The first-order chi connectivity index (χ1) is 13.1. The molecule has 0 aliphatic carbocycles. The van der Waals surface area contributed by atoms with Crippen LogP contribution in [0.5, 0.6) is 0 Å². The molecule has 1 aliphatic heterocycles. The average molecular weight is 497 g/mol. The SMILES string of the molecule is CN=C(NCC(c1cnn(C)c1)N(C)C)N1CCN(c2ccccc2)CC1.I. The van der Waals surface area contributed by atoms with Crippen LogP contribution in [0.25, 0.3) is 0 Å². The van der Waals surface area contributed by atoms with Crippen molar-refractivity contribution in [3.05, 3.63) is 48.3 Å². The summed E-state index contributed by atoms with van der Waals surface area (Å²) in [5.41, 5.74) is 2.50. The van der Waals surface area contributed by atoms with Crippen molar-refractivity contribution >= 4 is 35.6 Å². The summed E-state index contributed by atoms with van der Waals surface area (Å²) in [7, 11) is 8.01. The van der Waals surface area contributed by atoms with Crippen molar-refractivity contribution in [1.29, 1.82) is 0 Å². The van der Waals surface area contributed by atoms with E-state index in [2.05, 4.69) is 80.7 Å². The van der Waals surface area contributed by atoms with E-state index in [1.165, 1.54) is 11.3 Å². The highest BCUT2D eigenvalue weighted by atomic mass is 127. The number of rotatable bonds is 5. The third-order valence-electron chi connectivity index (χ3n) is 5.10. The highest BCUT2D eigenvalue weighted by Gasteiger charge is 2.22. The molecule has 28 heavy (non-hydrogen) atoms. The van der Waals surface area contributed by atoms with Crippen molar-refractivity contribution in [1.82, 2.24) is 24.9 Å². The third kappa shape index (κ3) is 5.60. The van der Waals surface area contributed by atoms with Gasteiger partial charge in [-0.1, -0.05) is 18.2 Å². The van der Waals surface area contributed by atoms with E-state index >= 15 is 0 Å². The molecule has 2 heterocycles. The number of anilines is 1.